The minimum Gasteiger partial charge on any atom is -0.507 e. The number of para-hydroxylation sites is 1. The molecule has 32 heavy (non-hydrogen) atoms. The lowest BCUT2D eigenvalue weighted by Crippen LogP contribution is -2.23. The molecule has 0 fully saturated rings. The third-order valence-electron chi connectivity index (χ3n) is 5.08. The fourth-order valence-corrected chi connectivity index (χ4v) is 3.73. The average molecular weight is 448 g/mol. The lowest BCUT2D eigenvalue weighted by Gasteiger charge is -2.19. The van der Waals surface area contributed by atoms with Gasteiger partial charge in [0.25, 0.3) is 5.56 Å². The van der Waals surface area contributed by atoms with E-state index in [1.165, 1.54) is 23.8 Å². The van der Waals surface area contributed by atoms with Gasteiger partial charge in [-0.1, -0.05) is 35.9 Å². The van der Waals surface area contributed by atoms with Crippen LogP contribution in [0.2, 0.25) is 5.02 Å². The topological polar surface area (TPSA) is 88.8 Å². The Labute approximate surface area is 188 Å². The molecule has 6 nitrogen and oxygen atoms in total. The molecule has 4 rings (SSSR count). The summed E-state index contributed by atoms with van der Waals surface area (Å²) in [4.78, 5) is 25.9. The molecule has 1 heterocycles. The van der Waals surface area contributed by atoms with Crippen LogP contribution in [0, 0.1) is 0 Å². The number of aromatic nitrogens is 1. The molecule has 7 heteroatoms. The van der Waals surface area contributed by atoms with Crippen LogP contribution < -0.4 is 10.3 Å². The molecule has 4 aromatic rings. The molecule has 160 valence electrons. The van der Waals surface area contributed by atoms with Crippen molar-refractivity contribution in [2.45, 2.75) is 0 Å². The fourth-order valence-electron chi connectivity index (χ4n) is 3.60. The Bertz CT molecular complexity index is 1360. The molecular formula is C25H18ClNO5. The van der Waals surface area contributed by atoms with Gasteiger partial charge >= 0.3 is 5.97 Å². The first-order valence-electron chi connectivity index (χ1n) is 9.63. The maximum Gasteiger partial charge on any atom is 0.338 e. The fraction of sp³-hybridized carbons (Fsp3) is 0.0400. The zero-order valence-electron chi connectivity index (χ0n) is 16.9. The summed E-state index contributed by atoms with van der Waals surface area (Å²) in [5.74, 6) is -0.790. The number of benzene rings is 3. The van der Waals surface area contributed by atoms with Gasteiger partial charge < -0.3 is 14.9 Å². The Morgan fingerprint density at radius 1 is 0.938 bits per heavy atom. The highest BCUT2D eigenvalue weighted by molar-refractivity contribution is 6.30. The van der Waals surface area contributed by atoms with Gasteiger partial charge in [-0.2, -0.15) is 0 Å². The molecule has 2 N–H and O–H groups in total. The molecule has 3 aromatic carbocycles. The van der Waals surface area contributed by atoms with E-state index < -0.39 is 11.5 Å². The van der Waals surface area contributed by atoms with E-state index in [4.69, 9.17) is 16.3 Å². The molecule has 0 aliphatic carbocycles. The number of methoxy groups -OCH3 is 1. The van der Waals surface area contributed by atoms with Crippen LogP contribution in [0.1, 0.15) is 10.4 Å². The smallest absolute Gasteiger partial charge is 0.338 e. The first-order valence-corrected chi connectivity index (χ1v) is 10.0. The number of phenols is 1. The summed E-state index contributed by atoms with van der Waals surface area (Å²) in [6.45, 7) is 0. The second-order valence-corrected chi connectivity index (χ2v) is 7.42. The Balaban J connectivity index is 2.13. The number of nitrogens with zero attached hydrogens (tertiary/aromatic N) is 1. The van der Waals surface area contributed by atoms with Crippen LogP contribution in [0.15, 0.2) is 83.7 Å². The summed E-state index contributed by atoms with van der Waals surface area (Å²) in [6, 6.07) is 20.8. The van der Waals surface area contributed by atoms with E-state index in [1.807, 2.05) is 0 Å². The SMILES string of the molecule is COc1ccc(-c2cc(=O)n(-c3ccc(Cl)cc3)c(-c3ccccc3O)c2C(=O)O)cc1. The number of aromatic hydroxyl groups is 1. The van der Waals surface area contributed by atoms with Crippen molar-refractivity contribution in [3.63, 3.8) is 0 Å². The predicted molar refractivity (Wildman–Crippen MR) is 123 cm³/mol. The summed E-state index contributed by atoms with van der Waals surface area (Å²) in [5.41, 5.74) is 0.881. The number of carbonyl (C=O) groups is 1. The van der Waals surface area contributed by atoms with E-state index in [2.05, 4.69) is 0 Å². The second kappa shape index (κ2) is 8.61. The molecule has 0 atom stereocenters. The van der Waals surface area contributed by atoms with Crippen LogP contribution in [0.5, 0.6) is 11.5 Å². The van der Waals surface area contributed by atoms with Crippen LogP contribution >= 0.6 is 11.6 Å². The molecule has 0 saturated carbocycles. The summed E-state index contributed by atoms with van der Waals surface area (Å²) in [6.07, 6.45) is 0. The van der Waals surface area contributed by atoms with Gasteiger partial charge in [-0.05, 0) is 54.1 Å². The van der Waals surface area contributed by atoms with Gasteiger partial charge in [-0.25, -0.2) is 4.79 Å². The standard InChI is InChI=1S/C25H18ClNO5/c1-32-18-12-6-15(7-13-18)20-14-22(29)27(17-10-8-16(26)9-11-17)24(23(20)25(30)31)19-4-2-3-5-21(19)28/h2-14,28H,1H3,(H,30,31). The predicted octanol–water partition coefficient (Wildman–Crippen LogP) is 5.24. The van der Waals surface area contributed by atoms with Crippen molar-refractivity contribution in [2.24, 2.45) is 0 Å². The van der Waals surface area contributed by atoms with Crippen LogP contribution in [-0.2, 0) is 0 Å². The van der Waals surface area contributed by atoms with Crippen molar-refractivity contribution < 1.29 is 19.7 Å². The molecule has 0 radical (unpaired) electrons. The number of hydrogen-bond donors (Lipinski definition) is 2. The van der Waals surface area contributed by atoms with Gasteiger partial charge in [-0.15, -0.1) is 0 Å². The maximum atomic E-state index is 13.3. The lowest BCUT2D eigenvalue weighted by atomic mass is 9.94. The summed E-state index contributed by atoms with van der Waals surface area (Å²) < 4.78 is 6.44. The molecule has 0 saturated heterocycles. The Kier molecular flexibility index (Phi) is 5.71. The van der Waals surface area contributed by atoms with E-state index in [0.717, 1.165) is 0 Å². The number of phenolic OH excluding ortho intramolecular Hbond substituents is 1. The number of rotatable bonds is 5. The van der Waals surface area contributed by atoms with Gasteiger partial charge in [0.1, 0.15) is 11.5 Å². The van der Waals surface area contributed by atoms with E-state index in [9.17, 15) is 19.8 Å². The monoisotopic (exact) mass is 447 g/mol. The Morgan fingerprint density at radius 2 is 1.59 bits per heavy atom. The van der Waals surface area contributed by atoms with Gasteiger partial charge in [0.2, 0.25) is 0 Å². The zero-order chi connectivity index (χ0) is 22.8. The zero-order valence-corrected chi connectivity index (χ0v) is 17.7. The minimum atomic E-state index is -1.24. The Morgan fingerprint density at radius 3 is 2.19 bits per heavy atom. The van der Waals surface area contributed by atoms with Crippen LogP contribution in [-0.4, -0.2) is 27.9 Å². The third-order valence-corrected chi connectivity index (χ3v) is 5.33. The number of carboxylic acid groups (broad SMARTS) is 1. The molecular weight excluding hydrogens is 430 g/mol. The number of carboxylic acids is 1. The van der Waals surface area contributed by atoms with Gasteiger partial charge in [0, 0.05) is 27.9 Å². The normalized spacial score (nSPS) is 10.7. The summed E-state index contributed by atoms with van der Waals surface area (Å²) in [5, 5.41) is 21.3. The number of hydrogen-bond acceptors (Lipinski definition) is 4. The van der Waals surface area contributed by atoms with E-state index in [0.29, 0.717) is 22.0 Å². The molecule has 0 bridgehead atoms. The first kappa shape index (κ1) is 21.2. The highest BCUT2D eigenvalue weighted by atomic mass is 35.5. The largest absolute Gasteiger partial charge is 0.507 e. The first-order chi connectivity index (χ1) is 15.4. The molecule has 0 aliphatic rings. The highest BCUT2D eigenvalue weighted by Gasteiger charge is 2.25. The van der Waals surface area contributed by atoms with Crippen molar-refractivity contribution in [1.29, 1.82) is 0 Å². The average Bonchev–Trinajstić information content (AvgIpc) is 2.79. The van der Waals surface area contributed by atoms with Crippen LogP contribution in [0.25, 0.3) is 28.1 Å². The summed E-state index contributed by atoms with van der Waals surface area (Å²) in [7, 11) is 1.53. The third kappa shape index (κ3) is 3.84. The van der Waals surface area contributed by atoms with E-state index in [-0.39, 0.29) is 28.1 Å². The van der Waals surface area contributed by atoms with Gasteiger partial charge in [-0.3, -0.25) is 9.36 Å². The van der Waals surface area contributed by atoms with Crippen molar-refractivity contribution in [3.05, 3.63) is 99.8 Å². The molecule has 0 aliphatic heterocycles. The van der Waals surface area contributed by atoms with Crippen molar-refractivity contribution in [1.82, 2.24) is 4.57 Å². The van der Waals surface area contributed by atoms with Crippen LogP contribution in [0.3, 0.4) is 0 Å². The maximum absolute atomic E-state index is 13.3. The second-order valence-electron chi connectivity index (χ2n) is 6.98. The number of pyridine rings is 1. The molecule has 0 amide bonds. The van der Waals surface area contributed by atoms with Crippen molar-refractivity contribution >= 4 is 17.6 Å². The summed E-state index contributed by atoms with van der Waals surface area (Å²) >= 11 is 6.00. The lowest BCUT2D eigenvalue weighted by molar-refractivity contribution is 0.0698. The van der Waals surface area contributed by atoms with E-state index >= 15 is 0 Å². The van der Waals surface area contributed by atoms with Gasteiger partial charge in [0.15, 0.2) is 0 Å². The van der Waals surface area contributed by atoms with Crippen LogP contribution in [0.4, 0.5) is 0 Å². The number of halogens is 1. The number of ether oxygens (including phenoxy) is 1. The molecule has 1 aromatic heterocycles. The molecule has 0 spiro atoms. The van der Waals surface area contributed by atoms with E-state index in [1.54, 1.807) is 66.7 Å². The van der Waals surface area contributed by atoms with Crippen molar-refractivity contribution in [2.75, 3.05) is 7.11 Å². The molecule has 0 unspecified atom stereocenters. The Hall–Kier alpha value is -4.03. The number of aromatic carboxylic acids is 1. The quantitative estimate of drug-likeness (QED) is 0.437. The van der Waals surface area contributed by atoms with Crippen molar-refractivity contribution in [3.8, 4) is 39.6 Å². The highest BCUT2D eigenvalue weighted by Crippen LogP contribution is 2.37. The van der Waals surface area contributed by atoms with Gasteiger partial charge in [0.05, 0.1) is 18.4 Å². The minimum absolute atomic E-state index is 0.0660.